The zero-order valence-electron chi connectivity index (χ0n) is 19.8. The number of nitrogens with two attached hydrogens (primary N) is 1. The summed E-state index contributed by atoms with van der Waals surface area (Å²) in [4.78, 5) is 19.6. The number of ether oxygens (including phenoxy) is 1. The van der Waals surface area contributed by atoms with Crippen LogP contribution >= 0.6 is 0 Å². The molecule has 9 nitrogen and oxygen atoms in total. The normalized spacial score (nSPS) is 18.3. The fourth-order valence-corrected chi connectivity index (χ4v) is 4.47. The molecule has 33 heavy (non-hydrogen) atoms. The molecule has 0 bridgehead atoms. The molecule has 3 heterocycles. The summed E-state index contributed by atoms with van der Waals surface area (Å²) in [5.74, 6) is 1.82. The van der Waals surface area contributed by atoms with Crippen LogP contribution in [0.25, 0.3) is 0 Å². The smallest absolute Gasteiger partial charge is 0.350 e. The molecule has 2 aliphatic rings. The van der Waals surface area contributed by atoms with Crippen molar-refractivity contribution in [2.75, 3.05) is 31.5 Å². The van der Waals surface area contributed by atoms with Gasteiger partial charge in [0.2, 0.25) is 0 Å². The van der Waals surface area contributed by atoms with E-state index in [1.165, 1.54) is 5.56 Å². The summed E-state index contributed by atoms with van der Waals surface area (Å²) in [6.07, 6.45) is 5.59. The Bertz CT molecular complexity index is 1070. The zero-order chi connectivity index (χ0) is 23.6. The van der Waals surface area contributed by atoms with Gasteiger partial charge in [-0.3, -0.25) is 9.98 Å². The fraction of sp³-hybridized carbons (Fsp3) is 0.542. The molecule has 0 amide bonds. The number of rotatable bonds is 5. The molecule has 0 aliphatic carbocycles. The lowest BCUT2D eigenvalue weighted by Gasteiger charge is -2.26. The van der Waals surface area contributed by atoms with Crippen molar-refractivity contribution in [2.45, 2.75) is 57.9 Å². The summed E-state index contributed by atoms with van der Waals surface area (Å²) in [6.45, 7) is 10.1. The van der Waals surface area contributed by atoms with Crippen molar-refractivity contribution in [1.82, 2.24) is 19.8 Å². The third kappa shape index (κ3) is 5.47. The molecule has 178 valence electrons. The average Bonchev–Trinajstić information content (AvgIpc) is 2.99. The SMILES string of the molecule is CC(C)(C)c1ccc2c(c1)Nc1nc(=O)n(C3CCCN(CCCNC(=N)N)CC3)cc1O2. The van der Waals surface area contributed by atoms with Gasteiger partial charge in [0.15, 0.2) is 23.3 Å². The van der Waals surface area contributed by atoms with Crippen LogP contribution in [0.3, 0.4) is 0 Å². The number of aromatic nitrogens is 2. The van der Waals surface area contributed by atoms with E-state index in [0.717, 1.165) is 56.8 Å². The third-order valence-corrected chi connectivity index (χ3v) is 6.39. The van der Waals surface area contributed by atoms with Crippen molar-refractivity contribution in [3.63, 3.8) is 0 Å². The van der Waals surface area contributed by atoms with Crippen molar-refractivity contribution < 1.29 is 4.74 Å². The summed E-state index contributed by atoms with van der Waals surface area (Å²) in [6, 6.07) is 6.23. The topological polar surface area (TPSA) is 121 Å². The highest BCUT2D eigenvalue weighted by molar-refractivity contribution is 5.74. The van der Waals surface area contributed by atoms with E-state index in [-0.39, 0.29) is 23.1 Å². The fourth-order valence-electron chi connectivity index (χ4n) is 4.47. The Morgan fingerprint density at radius 1 is 1.30 bits per heavy atom. The van der Waals surface area contributed by atoms with E-state index in [0.29, 0.717) is 18.1 Å². The Balaban J connectivity index is 1.44. The number of likely N-dealkylation sites (tertiary alicyclic amines) is 1. The minimum Gasteiger partial charge on any atom is -0.450 e. The Morgan fingerprint density at radius 3 is 2.88 bits per heavy atom. The van der Waals surface area contributed by atoms with Gasteiger partial charge in [-0.15, -0.1) is 0 Å². The summed E-state index contributed by atoms with van der Waals surface area (Å²) in [5, 5.41) is 13.4. The van der Waals surface area contributed by atoms with Crippen LogP contribution in [0.2, 0.25) is 0 Å². The van der Waals surface area contributed by atoms with Gasteiger partial charge in [0, 0.05) is 19.1 Å². The second kappa shape index (κ2) is 9.43. The number of benzene rings is 1. The lowest BCUT2D eigenvalue weighted by atomic mass is 9.86. The van der Waals surface area contributed by atoms with Crippen molar-refractivity contribution in [2.24, 2.45) is 5.73 Å². The van der Waals surface area contributed by atoms with E-state index in [2.05, 4.69) is 53.4 Å². The second-order valence-electron chi connectivity index (χ2n) is 9.95. The molecule has 1 saturated heterocycles. The van der Waals surface area contributed by atoms with Crippen LogP contribution in [-0.4, -0.2) is 46.6 Å². The second-order valence-corrected chi connectivity index (χ2v) is 9.95. The van der Waals surface area contributed by atoms with Crippen molar-refractivity contribution in [3.05, 3.63) is 40.4 Å². The van der Waals surface area contributed by atoms with Gasteiger partial charge >= 0.3 is 5.69 Å². The molecular weight excluding hydrogens is 418 g/mol. The van der Waals surface area contributed by atoms with E-state index < -0.39 is 0 Å². The zero-order valence-corrected chi connectivity index (χ0v) is 19.8. The molecule has 0 radical (unpaired) electrons. The van der Waals surface area contributed by atoms with Crippen LogP contribution < -0.4 is 26.8 Å². The molecule has 1 aromatic carbocycles. The van der Waals surface area contributed by atoms with Crippen LogP contribution in [0.1, 0.15) is 58.1 Å². The summed E-state index contributed by atoms with van der Waals surface area (Å²) >= 11 is 0. The Kier molecular flexibility index (Phi) is 6.60. The third-order valence-electron chi connectivity index (χ3n) is 6.39. The standard InChI is InChI=1S/C24H35N7O2/c1-24(2,3)16-7-8-19-18(14-16)28-21-20(33-19)15-31(23(32)29-21)17-6-4-11-30(13-9-17)12-5-10-27-22(25)26/h7-8,14-15,17H,4-6,9-13H2,1-3H3,(H4,25,26,27)(H,28,29,32). The Hall–Kier alpha value is -3.07. The Morgan fingerprint density at radius 2 is 2.12 bits per heavy atom. The van der Waals surface area contributed by atoms with Gasteiger partial charge in [-0.2, -0.15) is 4.98 Å². The highest BCUT2D eigenvalue weighted by Crippen LogP contribution is 2.42. The molecule has 1 fully saturated rings. The molecule has 2 aliphatic heterocycles. The van der Waals surface area contributed by atoms with Crippen molar-refractivity contribution in [1.29, 1.82) is 5.41 Å². The van der Waals surface area contributed by atoms with Gasteiger partial charge in [-0.1, -0.05) is 26.8 Å². The van der Waals surface area contributed by atoms with Crippen LogP contribution in [0.5, 0.6) is 11.5 Å². The minimum absolute atomic E-state index is 0.0131. The molecule has 4 rings (SSSR count). The highest BCUT2D eigenvalue weighted by atomic mass is 16.5. The first-order valence-electron chi connectivity index (χ1n) is 11.7. The maximum Gasteiger partial charge on any atom is 0.350 e. The first kappa shape index (κ1) is 23.1. The molecule has 0 saturated carbocycles. The van der Waals surface area contributed by atoms with Crippen molar-refractivity contribution >= 4 is 17.5 Å². The van der Waals surface area contributed by atoms with E-state index in [9.17, 15) is 4.79 Å². The molecule has 5 N–H and O–H groups in total. The first-order valence-corrected chi connectivity index (χ1v) is 11.7. The quantitative estimate of drug-likeness (QED) is 0.266. The molecule has 0 spiro atoms. The summed E-state index contributed by atoms with van der Waals surface area (Å²) < 4.78 is 7.88. The van der Waals surface area contributed by atoms with Gasteiger partial charge in [0.05, 0.1) is 11.9 Å². The molecule has 1 aromatic heterocycles. The lowest BCUT2D eigenvalue weighted by Crippen LogP contribution is -2.34. The van der Waals surface area contributed by atoms with Crippen LogP contribution in [0, 0.1) is 5.41 Å². The van der Waals surface area contributed by atoms with Gasteiger partial charge < -0.3 is 26.0 Å². The number of guanidine groups is 1. The van der Waals surface area contributed by atoms with Crippen molar-refractivity contribution in [3.8, 4) is 11.5 Å². The monoisotopic (exact) mass is 453 g/mol. The van der Waals surface area contributed by atoms with E-state index >= 15 is 0 Å². The summed E-state index contributed by atoms with van der Waals surface area (Å²) in [7, 11) is 0. The molecule has 2 aromatic rings. The van der Waals surface area contributed by atoms with Crippen LogP contribution in [0.15, 0.2) is 29.2 Å². The van der Waals surface area contributed by atoms with Gasteiger partial charge in [-0.05, 0) is 61.9 Å². The molecule has 9 heteroatoms. The number of hydrogen-bond acceptors (Lipinski definition) is 6. The lowest BCUT2D eigenvalue weighted by molar-refractivity contribution is 0.276. The molecule has 1 atom stereocenters. The van der Waals surface area contributed by atoms with E-state index in [1.54, 1.807) is 4.57 Å². The van der Waals surface area contributed by atoms with Crippen LogP contribution in [-0.2, 0) is 5.41 Å². The number of hydrogen-bond donors (Lipinski definition) is 4. The predicted molar refractivity (Wildman–Crippen MR) is 131 cm³/mol. The van der Waals surface area contributed by atoms with Gasteiger partial charge in [0.25, 0.3) is 0 Å². The largest absolute Gasteiger partial charge is 0.450 e. The number of fused-ring (bicyclic) bond motifs is 2. The minimum atomic E-state index is -0.246. The maximum atomic E-state index is 12.9. The van der Waals surface area contributed by atoms with Gasteiger partial charge in [-0.25, -0.2) is 4.79 Å². The number of nitrogens with one attached hydrogen (secondary N) is 3. The summed E-state index contributed by atoms with van der Waals surface area (Å²) in [5.41, 5.74) is 7.14. The van der Waals surface area contributed by atoms with E-state index in [4.69, 9.17) is 15.9 Å². The number of anilines is 2. The Labute approximate surface area is 194 Å². The first-order chi connectivity index (χ1) is 15.7. The number of nitrogens with zero attached hydrogens (tertiary/aromatic N) is 3. The average molecular weight is 454 g/mol. The maximum absolute atomic E-state index is 12.9. The molecular formula is C24H35N7O2. The van der Waals surface area contributed by atoms with E-state index in [1.807, 2.05) is 12.3 Å². The predicted octanol–water partition coefficient (Wildman–Crippen LogP) is 3.29. The highest BCUT2D eigenvalue weighted by Gasteiger charge is 2.25. The van der Waals surface area contributed by atoms with Gasteiger partial charge in [0.1, 0.15) is 0 Å². The van der Waals surface area contributed by atoms with Crippen LogP contribution in [0.4, 0.5) is 11.5 Å². The molecule has 1 unspecified atom stereocenters.